The molecule has 0 saturated heterocycles. The lowest BCUT2D eigenvalue weighted by Crippen LogP contribution is -2.48. The lowest BCUT2D eigenvalue weighted by Gasteiger charge is -2.21. The van der Waals surface area contributed by atoms with E-state index >= 15 is 0 Å². The first kappa shape index (κ1) is 20.3. The van der Waals surface area contributed by atoms with Crippen molar-refractivity contribution in [3.63, 3.8) is 0 Å². The molecule has 0 aliphatic heterocycles. The summed E-state index contributed by atoms with van der Waals surface area (Å²) in [6, 6.07) is 14.3. The molecule has 1 aromatic heterocycles. The smallest absolute Gasteiger partial charge is 0.287 e. The Kier molecular flexibility index (Phi) is 6.39. The minimum atomic E-state index is -0.990. The normalized spacial score (nSPS) is 12.8. The van der Waals surface area contributed by atoms with Crippen molar-refractivity contribution in [3.05, 3.63) is 95.4 Å². The minimum absolute atomic E-state index is 0.0875. The van der Waals surface area contributed by atoms with E-state index in [1.807, 2.05) is 30.3 Å². The lowest BCUT2D eigenvalue weighted by molar-refractivity contribution is -0.123. The largest absolute Gasteiger partial charge is 0.459 e. The first-order valence-corrected chi connectivity index (χ1v) is 9.07. The van der Waals surface area contributed by atoms with Crippen molar-refractivity contribution in [1.29, 1.82) is 0 Å². The van der Waals surface area contributed by atoms with Crippen LogP contribution in [0, 0.1) is 11.6 Å². The van der Waals surface area contributed by atoms with Gasteiger partial charge in [0, 0.05) is 6.42 Å². The maximum atomic E-state index is 13.5. The van der Waals surface area contributed by atoms with Crippen molar-refractivity contribution in [1.82, 2.24) is 10.6 Å². The Morgan fingerprint density at radius 3 is 2.38 bits per heavy atom. The van der Waals surface area contributed by atoms with Gasteiger partial charge in [0.2, 0.25) is 5.91 Å². The highest BCUT2D eigenvalue weighted by molar-refractivity contribution is 5.95. The highest BCUT2D eigenvalue weighted by Crippen LogP contribution is 2.16. The Morgan fingerprint density at radius 2 is 1.72 bits per heavy atom. The third-order valence-electron chi connectivity index (χ3n) is 4.45. The molecule has 0 spiro atoms. The number of rotatable bonds is 7. The molecule has 5 nitrogen and oxygen atoms in total. The molecule has 1 heterocycles. The molecule has 29 heavy (non-hydrogen) atoms. The molecule has 7 heteroatoms. The van der Waals surface area contributed by atoms with Crippen molar-refractivity contribution in [2.75, 3.05) is 0 Å². The second-order valence-electron chi connectivity index (χ2n) is 6.60. The molecule has 0 radical (unpaired) electrons. The van der Waals surface area contributed by atoms with Gasteiger partial charge in [0.1, 0.15) is 6.04 Å². The van der Waals surface area contributed by atoms with Gasteiger partial charge in [-0.2, -0.15) is 0 Å². The standard InChI is InChI=1S/C22H20F2N2O3/c1-14(16-9-10-17(23)18(24)13-16)25-21(27)19(12-15-6-3-2-4-7-15)26-22(28)20-8-5-11-29-20/h2-11,13-14,19H,12H2,1H3,(H,25,27)(H,26,28). The van der Waals surface area contributed by atoms with Crippen LogP contribution in [0.5, 0.6) is 0 Å². The van der Waals surface area contributed by atoms with Crippen molar-refractivity contribution >= 4 is 11.8 Å². The Balaban J connectivity index is 1.75. The fourth-order valence-electron chi connectivity index (χ4n) is 2.88. The molecule has 0 fully saturated rings. The zero-order valence-corrected chi connectivity index (χ0v) is 15.7. The van der Waals surface area contributed by atoms with Gasteiger partial charge in [0.05, 0.1) is 12.3 Å². The fraction of sp³-hybridized carbons (Fsp3) is 0.182. The Hall–Kier alpha value is -3.48. The van der Waals surface area contributed by atoms with Crippen LogP contribution in [0.4, 0.5) is 8.78 Å². The molecular formula is C22H20F2N2O3. The van der Waals surface area contributed by atoms with Gasteiger partial charge in [-0.1, -0.05) is 36.4 Å². The number of hydrogen-bond acceptors (Lipinski definition) is 3. The number of hydrogen-bond donors (Lipinski definition) is 2. The van der Waals surface area contributed by atoms with Crippen LogP contribution in [0.3, 0.4) is 0 Å². The van der Waals surface area contributed by atoms with E-state index in [1.54, 1.807) is 13.0 Å². The molecule has 3 aromatic rings. The zero-order chi connectivity index (χ0) is 20.8. The Labute approximate surface area is 166 Å². The molecule has 0 bridgehead atoms. The monoisotopic (exact) mass is 398 g/mol. The summed E-state index contributed by atoms with van der Waals surface area (Å²) in [5.74, 6) is -2.84. The van der Waals surface area contributed by atoms with Gasteiger partial charge in [0.25, 0.3) is 5.91 Å². The molecule has 2 N–H and O–H groups in total. The number of carbonyl (C=O) groups excluding carboxylic acids is 2. The van der Waals surface area contributed by atoms with Gasteiger partial charge < -0.3 is 15.1 Å². The van der Waals surface area contributed by atoms with Crippen LogP contribution in [0.25, 0.3) is 0 Å². The van der Waals surface area contributed by atoms with Crippen LogP contribution < -0.4 is 10.6 Å². The molecule has 2 aromatic carbocycles. The molecule has 0 saturated carbocycles. The number of halogens is 2. The summed E-state index contributed by atoms with van der Waals surface area (Å²) >= 11 is 0. The van der Waals surface area contributed by atoms with Gasteiger partial charge in [0.15, 0.2) is 17.4 Å². The van der Waals surface area contributed by atoms with E-state index in [-0.39, 0.29) is 12.2 Å². The summed E-state index contributed by atoms with van der Waals surface area (Å²) in [7, 11) is 0. The Morgan fingerprint density at radius 1 is 0.966 bits per heavy atom. The second-order valence-corrected chi connectivity index (χ2v) is 6.60. The van der Waals surface area contributed by atoms with Crippen LogP contribution in [-0.2, 0) is 11.2 Å². The van der Waals surface area contributed by atoms with E-state index in [4.69, 9.17) is 4.42 Å². The Bertz CT molecular complexity index is 975. The van der Waals surface area contributed by atoms with Gasteiger partial charge in [-0.25, -0.2) is 8.78 Å². The summed E-state index contributed by atoms with van der Waals surface area (Å²) in [6.07, 6.45) is 1.62. The minimum Gasteiger partial charge on any atom is -0.459 e. The van der Waals surface area contributed by atoms with E-state index in [2.05, 4.69) is 10.6 Å². The van der Waals surface area contributed by atoms with Crippen LogP contribution in [0.1, 0.15) is 34.6 Å². The fourth-order valence-corrected chi connectivity index (χ4v) is 2.88. The zero-order valence-electron chi connectivity index (χ0n) is 15.7. The van der Waals surface area contributed by atoms with Gasteiger partial charge in [-0.3, -0.25) is 9.59 Å². The van der Waals surface area contributed by atoms with E-state index in [1.165, 1.54) is 18.4 Å². The van der Waals surface area contributed by atoms with Crippen molar-refractivity contribution in [2.24, 2.45) is 0 Å². The molecule has 2 atom stereocenters. The molecule has 2 unspecified atom stereocenters. The number of carbonyl (C=O) groups is 2. The third-order valence-corrected chi connectivity index (χ3v) is 4.45. The van der Waals surface area contributed by atoms with Gasteiger partial charge in [-0.05, 0) is 42.3 Å². The number of amides is 2. The van der Waals surface area contributed by atoms with Crippen molar-refractivity contribution < 1.29 is 22.8 Å². The summed E-state index contributed by atoms with van der Waals surface area (Å²) in [4.78, 5) is 25.2. The van der Waals surface area contributed by atoms with E-state index in [9.17, 15) is 18.4 Å². The third kappa shape index (κ3) is 5.28. The van der Waals surface area contributed by atoms with Crippen molar-refractivity contribution in [3.8, 4) is 0 Å². The number of furan rings is 1. The maximum Gasteiger partial charge on any atom is 0.287 e. The number of nitrogens with one attached hydrogen (secondary N) is 2. The average Bonchev–Trinajstić information content (AvgIpc) is 3.25. The summed E-state index contributed by atoms with van der Waals surface area (Å²) in [5.41, 5.74) is 1.26. The number of benzene rings is 2. The molecular weight excluding hydrogens is 378 g/mol. The summed E-state index contributed by atoms with van der Waals surface area (Å²) in [5, 5.41) is 5.41. The maximum absolute atomic E-state index is 13.5. The summed E-state index contributed by atoms with van der Waals surface area (Å²) < 4.78 is 31.7. The SMILES string of the molecule is CC(NC(=O)C(Cc1ccccc1)NC(=O)c1ccco1)c1ccc(F)c(F)c1. The highest BCUT2D eigenvalue weighted by Gasteiger charge is 2.24. The van der Waals surface area contributed by atoms with E-state index in [0.717, 1.165) is 17.7 Å². The topological polar surface area (TPSA) is 71.3 Å². The summed E-state index contributed by atoms with van der Waals surface area (Å²) in [6.45, 7) is 1.65. The predicted octanol–water partition coefficient (Wildman–Crippen LogP) is 3.78. The molecule has 3 rings (SSSR count). The van der Waals surface area contributed by atoms with Crippen LogP contribution >= 0.6 is 0 Å². The molecule has 0 aliphatic carbocycles. The average molecular weight is 398 g/mol. The first-order chi connectivity index (χ1) is 13.9. The van der Waals surface area contributed by atoms with E-state index in [0.29, 0.717) is 5.56 Å². The van der Waals surface area contributed by atoms with Gasteiger partial charge in [-0.15, -0.1) is 0 Å². The predicted molar refractivity (Wildman–Crippen MR) is 103 cm³/mol. The quantitative estimate of drug-likeness (QED) is 0.636. The first-order valence-electron chi connectivity index (χ1n) is 9.07. The second kappa shape index (κ2) is 9.14. The molecule has 150 valence electrons. The van der Waals surface area contributed by atoms with E-state index < -0.39 is 35.5 Å². The van der Waals surface area contributed by atoms with Crippen LogP contribution in [-0.4, -0.2) is 17.9 Å². The van der Waals surface area contributed by atoms with Crippen molar-refractivity contribution in [2.45, 2.75) is 25.4 Å². The van der Waals surface area contributed by atoms with Gasteiger partial charge >= 0.3 is 0 Å². The van der Waals surface area contributed by atoms with Crippen LogP contribution in [0.2, 0.25) is 0 Å². The lowest BCUT2D eigenvalue weighted by atomic mass is 10.0. The van der Waals surface area contributed by atoms with Crippen LogP contribution in [0.15, 0.2) is 71.3 Å². The highest BCUT2D eigenvalue weighted by atomic mass is 19.2. The molecule has 0 aliphatic rings. The molecule has 2 amide bonds.